The Morgan fingerprint density at radius 2 is 1.63 bits per heavy atom. The average molecular weight is 568 g/mol. The monoisotopic (exact) mass is 567 g/mol. The summed E-state index contributed by atoms with van der Waals surface area (Å²) in [5.41, 5.74) is 6.83. The quantitative estimate of drug-likeness (QED) is 0.142. The van der Waals surface area contributed by atoms with Gasteiger partial charge in [0.2, 0.25) is 0 Å². The van der Waals surface area contributed by atoms with E-state index in [4.69, 9.17) is 9.17 Å². The van der Waals surface area contributed by atoms with E-state index in [1.165, 1.54) is 6.92 Å². The van der Waals surface area contributed by atoms with Gasteiger partial charge in [0.05, 0.1) is 0 Å². The minimum Gasteiger partial charge on any atom is -0.379 e. The highest BCUT2D eigenvalue weighted by atomic mass is 32.2. The summed E-state index contributed by atoms with van der Waals surface area (Å²) in [5, 5.41) is 0. The molecule has 7 nitrogen and oxygen atoms in total. The van der Waals surface area contributed by atoms with Crippen LogP contribution in [0, 0.1) is 13.8 Å². The first-order valence-electron chi connectivity index (χ1n) is 13.6. The molecule has 0 spiro atoms. The molecular weight excluding hydrogens is 534 g/mol. The van der Waals surface area contributed by atoms with Crippen LogP contribution in [0.1, 0.15) is 65.1 Å². The highest BCUT2D eigenvalue weighted by molar-refractivity contribution is 7.87. The molecule has 41 heavy (non-hydrogen) atoms. The van der Waals surface area contributed by atoms with Crippen LogP contribution in [0.4, 0.5) is 0 Å². The van der Waals surface area contributed by atoms with Crippen LogP contribution >= 0.6 is 0 Å². The lowest BCUT2D eigenvalue weighted by molar-refractivity contribution is 0.101. The second-order valence-corrected chi connectivity index (χ2v) is 12.0. The number of aromatic nitrogens is 3. The molecule has 0 radical (unpaired) electrons. The Bertz CT molecular complexity index is 1840. The molecule has 1 atom stereocenters. The van der Waals surface area contributed by atoms with Crippen LogP contribution in [0.25, 0.3) is 16.9 Å². The molecule has 5 rings (SSSR count). The van der Waals surface area contributed by atoms with Gasteiger partial charge in [-0.05, 0) is 80.6 Å². The zero-order valence-corrected chi connectivity index (χ0v) is 24.7. The van der Waals surface area contributed by atoms with Crippen molar-refractivity contribution in [3.05, 3.63) is 113 Å². The molecule has 210 valence electrons. The second-order valence-electron chi connectivity index (χ2n) is 10.5. The normalized spacial score (nSPS) is 12.4. The second kappa shape index (κ2) is 11.3. The van der Waals surface area contributed by atoms with E-state index in [0.29, 0.717) is 35.3 Å². The smallest absolute Gasteiger partial charge is 0.339 e. The zero-order chi connectivity index (χ0) is 29.3. The molecule has 2 heterocycles. The van der Waals surface area contributed by atoms with Gasteiger partial charge in [-0.25, -0.2) is 9.97 Å². The highest BCUT2D eigenvalue weighted by Gasteiger charge is 2.21. The molecule has 0 aliphatic carbocycles. The van der Waals surface area contributed by atoms with Crippen LogP contribution in [-0.2, 0) is 23.0 Å². The van der Waals surface area contributed by atoms with Crippen molar-refractivity contribution in [2.75, 3.05) is 0 Å². The number of nitrogens with zero attached hydrogens (tertiary/aromatic N) is 3. The minimum absolute atomic E-state index is 0.00378. The summed E-state index contributed by atoms with van der Waals surface area (Å²) in [7, 11) is -3.97. The number of ketones is 1. The lowest BCUT2D eigenvalue weighted by Gasteiger charge is -2.18. The number of fused-ring (bicyclic) bond motifs is 1. The molecule has 2 aromatic heterocycles. The Hall–Kier alpha value is -4.30. The number of carbonyl (C=O) groups is 1. The van der Waals surface area contributed by atoms with Gasteiger partial charge in [0.1, 0.15) is 22.0 Å². The van der Waals surface area contributed by atoms with Crippen molar-refractivity contribution >= 4 is 27.1 Å². The third kappa shape index (κ3) is 5.93. The van der Waals surface area contributed by atoms with E-state index in [-0.39, 0.29) is 16.6 Å². The van der Waals surface area contributed by atoms with E-state index in [1.807, 2.05) is 49.6 Å². The zero-order valence-electron chi connectivity index (χ0n) is 23.9. The Morgan fingerprint density at radius 1 is 0.951 bits per heavy atom. The predicted molar refractivity (Wildman–Crippen MR) is 161 cm³/mol. The van der Waals surface area contributed by atoms with Gasteiger partial charge in [0.15, 0.2) is 11.4 Å². The van der Waals surface area contributed by atoms with Crippen LogP contribution in [0.2, 0.25) is 0 Å². The summed E-state index contributed by atoms with van der Waals surface area (Å²) in [6, 6.07) is 22.2. The molecule has 0 amide bonds. The molecular formula is C33H33N3O4S. The maximum absolute atomic E-state index is 13.0. The topological polar surface area (TPSA) is 91.2 Å². The first-order valence-corrected chi connectivity index (χ1v) is 15.1. The molecule has 0 unspecified atom stereocenters. The highest BCUT2D eigenvalue weighted by Crippen LogP contribution is 2.33. The summed E-state index contributed by atoms with van der Waals surface area (Å²) in [5.74, 6) is 1.16. The summed E-state index contributed by atoms with van der Waals surface area (Å²) in [4.78, 5) is 21.2. The van der Waals surface area contributed by atoms with Crippen LogP contribution in [0.3, 0.4) is 0 Å². The molecule has 8 heteroatoms. The van der Waals surface area contributed by atoms with Crippen molar-refractivity contribution in [2.45, 2.75) is 58.3 Å². The van der Waals surface area contributed by atoms with Crippen molar-refractivity contribution in [1.29, 1.82) is 0 Å². The molecule has 5 aromatic rings. The maximum Gasteiger partial charge on any atom is 0.339 e. The number of hydrogen-bond acceptors (Lipinski definition) is 6. The van der Waals surface area contributed by atoms with Gasteiger partial charge >= 0.3 is 10.1 Å². The van der Waals surface area contributed by atoms with Crippen molar-refractivity contribution in [1.82, 2.24) is 14.5 Å². The van der Waals surface area contributed by atoms with Gasteiger partial charge in [-0.3, -0.25) is 9.36 Å². The van der Waals surface area contributed by atoms with E-state index in [9.17, 15) is 13.2 Å². The summed E-state index contributed by atoms with van der Waals surface area (Å²) >= 11 is 0. The van der Waals surface area contributed by atoms with E-state index >= 15 is 0 Å². The van der Waals surface area contributed by atoms with Gasteiger partial charge in [-0.2, -0.15) is 8.42 Å². The number of pyridine rings is 1. The van der Waals surface area contributed by atoms with Gasteiger partial charge < -0.3 is 4.18 Å². The van der Waals surface area contributed by atoms with E-state index in [1.54, 1.807) is 42.6 Å². The fourth-order valence-electron chi connectivity index (χ4n) is 4.96. The summed E-state index contributed by atoms with van der Waals surface area (Å²) in [6.07, 6.45) is 3.00. The number of carbonyl (C=O) groups excluding carboxylic acids is 1. The Labute approximate surface area is 241 Å². The Morgan fingerprint density at radius 3 is 2.29 bits per heavy atom. The third-order valence-corrected chi connectivity index (χ3v) is 8.48. The Kier molecular flexibility index (Phi) is 7.78. The van der Waals surface area contributed by atoms with E-state index in [2.05, 4.69) is 24.0 Å². The number of rotatable bonds is 9. The molecule has 0 saturated carbocycles. The predicted octanol–water partition coefficient (Wildman–Crippen LogP) is 6.92. The van der Waals surface area contributed by atoms with Crippen LogP contribution in [0.5, 0.6) is 5.75 Å². The molecule has 0 aliphatic rings. The fourth-order valence-corrected chi connectivity index (χ4v) is 5.91. The first-order chi connectivity index (χ1) is 19.6. The molecule has 0 aliphatic heterocycles. The molecule has 3 aromatic carbocycles. The van der Waals surface area contributed by atoms with Crippen molar-refractivity contribution in [3.8, 4) is 11.4 Å². The van der Waals surface area contributed by atoms with Gasteiger partial charge in [0.25, 0.3) is 0 Å². The third-order valence-electron chi connectivity index (χ3n) is 7.23. The fraction of sp³-hybridized carbons (Fsp3) is 0.242. The largest absolute Gasteiger partial charge is 0.379 e. The van der Waals surface area contributed by atoms with E-state index in [0.717, 1.165) is 33.8 Å². The molecule has 0 bridgehead atoms. The Balaban J connectivity index is 1.40. The van der Waals surface area contributed by atoms with Crippen LogP contribution < -0.4 is 4.18 Å². The van der Waals surface area contributed by atoms with Gasteiger partial charge in [-0.15, -0.1) is 0 Å². The number of imidazole rings is 1. The van der Waals surface area contributed by atoms with Crippen molar-refractivity contribution in [2.24, 2.45) is 0 Å². The SMILES string of the molecule is CCc1nc2cc(C(C)=O)cnc2n1-c1ccc(C[C@H](C)c2cc(C)ccc2OS(=O)(=O)c2ccc(C)cc2)cc1. The first kappa shape index (κ1) is 28.2. The number of benzene rings is 3. The van der Waals surface area contributed by atoms with Crippen LogP contribution in [-0.4, -0.2) is 28.7 Å². The van der Waals surface area contributed by atoms with Crippen molar-refractivity contribution in [3.63, 3.8) is 0 Å². The molecule has 0 saturated heterocycles. The maximum atomic E-state index is 13.0. The number of hydrogen-bond donors (Lipinski definition) is 0. The standard InChI is InChI=1S/C33H33N3O4S/c1-6-32-35-30-19-26(24(5)37)20-34-33(30)36(32)27-12-10-25(11-13-27)18-23(4)29-17-22(3)9-16-31(29)40-41(38,39)28-14-7-21(2)8-15-28/h7-17,19-20,23H,6,18H2,1-5H3/t23-/m0/s1. The molecule has 0 N–H and O–H groups in total. The lowest BCUT2D eigenvalue weighted by Crippen LogP contribution is -2.12. The molecule has 0 fully saturated rings. The van der Waals surface area contributed by atoms with Gasteiger partial charge in [-0.1, -0.05) is 61.4 Å². The number of Topliss-reactive ketones (excluding diaryl/α,β-unsaturated/α-hetero) is 1. The van der Waals surface area contributed by atoms with E-state index < -0.39 is 10.1 Å². The number of aryl methyl sites for hydroxylation is 3. The summed E-state index contributed by atoms with van der Waals surface area (Å²) in [6.45, 7) is 9.53. The van der Waals surface area contributed by atoms with Gasteiger partial charge in [0, 0.05) is 23.9 Å². The lowest BCUT2D eigenvalue weighted by atomic mass is 9.92. The average Bonchev–Trinajstić information content (AvgIpc) is 3.32. The minimum atomic E-state index is -3.97. The van der Waals surface area contributed by atoms with Crippen LogP contribution in [0.15, 0.2) is 83.9 Å². The summed E-state index contributed by atoms with van der Waals surface area (Å²) < 4.78 is 33.7. The van der Waals surface area contributed by atoms with Crippen molar-refractivity contribution < 1.29 is 17.4 Å².